The molecule has 35 nitrogen and oxygen atoms in total. The van der Waals surface area contributed by atoms with E-state index < -0.39 is 163 Å². The molecule has 0 spiro atoms. The largest absolute Gasteiger partial charge is 0.481 e. The van der Waals surface area contributed by atoms with E-state index in [4.69, 9.17) is 34.4 Å². The van der Waals surface area contributed by atoms with Gasteiger partial charge in [0.1, 0.15) is 66.5 Å². The first kappa shape index (κ1) is 73.8. The number of carbonyl (C=O) groups is 13. The van der Waals surface area contributed by atoms with Gasteiger partial charge in [0.05, 0.1) is 19.6 Å². The molecule has 25 N–H and O–H groups in total. The number of H-pyrrole nitrogens is 1. The van der Waals surface area contributed by atoms with Gasteiger partial charge in [-0.3, -0.25) is 72.3 Å². The lowest BCUT2D eigenvalue weighted by atomic mass is 10.0. The van der Waals surface area contributed by atoms with Gasteiger partial charge in [-0.15, -0.1) is 0 Å². The van der Waals surface area contributed by atoms with E-state index in [1.807, 2.05) is 6.07 Å². The number of carboxylic acids is 1. The molecule has 11 atom stereocenters. The number of carboxylic acid groups (broad SMARTS) is 1. The molecule has 92 heavy (non-hydrogen) atoms. The quantitative estimate of drug-likeness (QED) is 0.0321. The summed E-state index contributed by atoms with van der Waals surface area (Å²) < 4.78 is 0. The van der Waals surface area contributed by atoms with Crippen LogP contribution in [-0.2, 0) is 68.7 Å². The number of amides is 12. The molecule has 2 bridgehead atoms. The standard InChI is InChI=1S/C55H84N20O15S2/c1-27-44(81)71-35(21-29-20-28-10-5-6-11-30(28)65-29)48(85)68-33(14-7-17-62-54(58)59)45(82)67-31(43(57)80)12-3-2-4-13-32-46(83)73-37(24-76)49(86)72-36(22-42(78)79)53(90)75-19-9-16-40(75)52(89)70-34(15-8-18-63-55(60)61)47(84)74-39(50(87)64-27)26-92-91-25-38(51(88)69-32)66-41(77)23-56/h5-6,10-11,20,27,31-40,65,76H,2-4,7-9,12-19,21-26,56H2,1H3,(H2,57,80)(H,64,87)(H,66,77)(H,67,82)(H,68,85)(H,69,88)(H,70,89)(H,71,81)(H,72,86)(H,73,83)(H,74,84)(H,78,79)(H4,58,59,62)(H4,60,61,63)/t27-,31-,32-,33-,34-,35-,36-,37-,38-,39-,40?/m0/s1. The van der Waals surface area contributed by atoms with Crippen molar-refractivity contribution >= 4 is 121 Å². The van der Waals surface area contributed by atoms with Crippen LogP contribution in [0.5, 0.6) is 0 Å². The first-order chi connectivity index (χ1) is 43.8. The fraction of sp³-hybridized carbons (Fsp3) is 0.582. The minimum Gasteiger partial charge on any atom is -0.481 e. The Bertz CT molecular complexity index is 3020. The van der Waals surface area contributed by atoms with Gasteiger partial charge in [0, 0.05) is 48.8 Å². The van der Waals surface area contributed by atoms with Crippen LogP contribution >= 0.6 is 21.6 Å². The molecule has 1 aromatic heterocycles. The number of para-hydroxylation sites is 1. The summed E-state index contributed by atoms with van der Waals surface area (Å²) in [6.07, 6.45) is -1.18. The van der Waals surface area contributed by atoms with Crippen molar-refractivity contribution in [1.82, 2.24) is 63.1 Å². The van der Waals surface area contributed by atoms with Crippen LogP contribution in [0.4, 0.5) is 0 Å². The van der Waals surface area contributed by atoms with Crippen molar-refractivity contribution in [3.8, 4) is 0 Å². The zero-order chi connectivity index (χ0) is 67.6. The Labute approximate surface area is 536 Å². The van der Waals surface area contributed by atoms with E-state index in [0.717, 1.165) is 31.9 Å². The van der Waals surface area contributed by atoms with Crippen molar-refractivity contribution in [1.29, 1.82) is 0 Å². The number of rotatable bonds is 16. The summed E-state index contributed by atoms with van der Waals surface area (Å²) in [6, 6.07) is -8.20. The maximum Gasteiger partial charge on any atom is 0.305 e. The Hall–Kier alpha value is -8.97. The SMILES string of the molecule is C[C@@H]1NC(=O)[C@@H]2CSSC[C@H](NC(=O)CN)C(=O)N[C@@H](CCCCC[C@@H](C(N)=O)NC(=O)[C@H](CCCN=C(N)N)NC(=O)[C@H](Cc3cc4ccccc4[nH]3)NC1=O)C(=O)N[C@@H](CO)C(=O)N[C@@H](CC(=O)O)C(=O)N1CCCC1C(=O)N[C@@H](CCCN=C(N)N)C(=O)N2. The predicted molar refractivity (Wildman–Crippen MR) is 337 cm³/mol. The number of aromatic nitrogens is 1. The Balaban J connectivity index is 1.64. The second-order valence-electron chi connectivity index (χ2n) is 22.1. The highest BCUT2D eigenvalue weighted by molar-refractivity contribution is 8.76. The molecule has 5 rings (SSSR count). The molecule has 3 fully saturated rings. The number of fused-ring (bicyclic) bond motifs is 10. The molecule has 12 amide bonds. The third kappa shape index (κ3) is 23.4. The van der Waals surface area contributed by atoms with Crippen LogP contribution in [0.15, 0.2) is 40.3 Å². The molecule has 3 aliphatic rings. The van der Waals surface area contributed by atoms with Crippen molar-refractivity contribution in [3.05, 3.63) is 36.0 Å². The normalized spacial score (nSPS) is 26.1. The lowest BCUT2D eigenvalue weighted by Gasteiger charge is -2.30. The number of aliphatic imine (C=N–C) groups is 2. The van der Waals surface area contributed by atoms with Crippen molar-refractivity contribution in [2.45, 2.75) is 157 Å². The topological polar surface area (TPSA) is 583 Å². The number of hydrogen-bond donors (Lipinski definition) is 19. The van der Waals surface area contributed by atoms with Gasteiger partial charge in [0.15, 0.2) is 11.9 Å². The van der Waals surface area contributed by atoms with Gasteiger partial charge >= 0.3 is 5.97 Å². The highest BCUT2D eigenvalue weighted by Crippen LogP contribution is 2.25. The van der Waals surface area contributed by atoms with Gasteiger partial charge in [-0.1, -0.05) is 59.0 Å². The summed E-state index contributed by atoms with van der Waals surface area (Å²) in [6.45, 7) is -0.632. The fourth-order valence-corrected chi connectivity index (χ4v) is 12.5. The predicted octanol–water partition coefficient (Wildman–Crippen LogP) is -7.05. The number of nitrogens with one attached hydrogen (secondary N) is 11. The number of nitrogens with two attached hydrogens (primary N) is 6. The monoisotopic (exact) mass is 1330 g/mol. The average molecular weight is 1330 g/mol. The number of benzene rings is 1. The summed E-state index contributed by atoms with van der Waals surface area (Å²) in [7, 11) is 1.81. The summed E-state index contributed by atoms with van der Waals surface area (Å²) in [5.41, 5.74) is 34.8. The van der Waals surface area contributed by atoms with E-state index in [1.54, 1.807) is 24.3 Å². The van der Waals surface area contributed by atoms with E-state index in [1.165, 1.54) is 6.92 Å². The van der Waals surface area contributed by atoms with Gasteiger partial charge in [0.25, 0.3) is 0 Å². The summed E-state index contributed by atoms with van der Waals surface area (Å²) in [4.78, 5) is 194. The number of hydrogen-bond acceptors (Lipinski definition) is 19. The maximum absolute atomic E-state index is 14.7. The number of primary amides is 1. The second kappa shape index (κ2) is 36.8. The molecule has 2 aromatic rings. The van der Waals surface area contributed by atoms with Gasteiger partial charge in [-0.2, -0.15) is 0 Å². The molecule has 0 radical (unpaired) electrons. The van der Waals surface area contributed by atoms with Crippen LogP contribution in [0.1, 0.15) is 89.7 Å². The zero-order valence-corrected chi connectivity index (χ0v) is 52.3. The lowest BCUT2D eigenvalue weighted by Crippen LogP contribution is -2.61. The van der Waals surface area contributed by atoms with Gasteiger partial charge < -0.3 is 108 Å². The van der Waals surface area contributed by atoms with E-state index in [-0.39, 0.29) is 120 Å². The number of aliphatic hydroxyl groups excluding tert-OH is 1. The molecule has 0 aliphatic carbocycles. The molecule has 1 aromatic carbocycles. The molecule has 0 saturated carbocycles. The van der Waals surface area contributed by atoms with E-state index in [9.17, 15) is 72.5 Å². The summed E-state index contributed by atoms with van der Waals surface area (Å²) >= 11 is 0. The van der Waals surface area contributed by atoms with Gasteiger partial charge in [-0.25, -0.2) is 0 Å². The van der Waals surface area contributed by atoms with Crippen molar-refractivity contribution in [2.75, 3.05) is 44.3 Å². The molecular formula is C55H84N20O15S2. The molecule has 3 aliphatic heterocycles. The van der Waals surface area contributed by atoms with Crippen LogP contribution in [-0.4, -0.2) is 220 Å². The van der Waals surface area contributed by atoms with Crippen LogP contribution in [0.25, 0.3) is 10.9 Å². The highest BCUT2D eigenvalue weighted by Gasteiger charge is 2.42. The molecule has 37 heteroatoms. The third-order valence-corrected chi connectivity index (χ3v) is 17.4. The van der Waals surface area contributed by atoms with E-state index in [2.05, 4.69) is 68.1 Å². The van der Waals surface area contributed by atoms with Crippen LogP contribution in [0, 0.1) is 0 Å². The molecule has 506 valence electrons. The maximum atomic E-state index is 14.7. The molecular weight excluding hydrogens is 1240 g/mol. The fourth-order valence-electron chi connectivity index (χ4n) is 10.1. The smallest absolute Gasteiger partial charge is 0.305 e. The highest BCUT2D eigenvalue weighted by atomic mass is 33.1. The molecule has 1 unspecified atom stereocenters. The summed E-state index contributed by atoms with van der Waals surface area (Å²) in [5, 5.41) is 46.6. The van der Waals surface area contributed by atoms with E-state index >= 15 is 0 Å². The zero-order valence-electron chi connectivity index (χ0n) is 50.7. The van der Waals surface area contributed by atoms with Crippen LogP contribution in [0.3, 0.4) is 0 Å². The lowest BCUT2D eigenvalue weighted by molar-refractivity contribution is -0.146. The Morgan fingerprint density at radius 3 is 1.82 bits per heavy atom. The number of nitrogens with zero attached hydrogens (tertiary/aromatic N) is 3. The Morgan fingerprint density at radius 1 is 0.620 bits per heavy atom. The van der Waals surface area contributed by atoms with Crippen molar-refractivity contribution in [3.63, 3.8) is 0 Å². The summed E-state index contributed by atoms with van der Waals surface area (Å²) in [5.74, 6) is -14.5. The number of aliphatic hydroxyl groups is 1. The van der Waals surface area contributed by atoms with Gasteiger partial charge in [-0.05, 0) is 75.8 Å². The molecule has 4 heterocycles. The van der Waals surface area contributed by atoms with Crippen molar-refractivity contribution in [2.24, 2.45) is 44.4 Å². The average Bonchev–Trinajstić information content (AvgIpc) is 1.69. The molecule has 3 saturated heterocycles. The number of aliphatic carboxylic acids is 1. The number of guanidine groups is 2. The minimum absolute atomic E-state index is 0.00478. The Kier molecular flexibility index (Phi) is 29.5. The third-order valence-electron chi connectivity index (χ3n) is 15.0. The van der Waals surface area contributed by atoms with E-state index in [0.29, 0.717) is 11.2 Å². The van der Waals surface area contributed by atoms with Crippen LogP contribution < -0.4 is 87.6 Å². The minimum atomic E-state index is -1.91. The first-order valence-electron chi connectivity index (χ1n) is 29.9. The van der Waals surface area contributed by atoms with Gasteiger partial charge in [0.2, 0.25) is 70.9 Å². The Morgan fingerprint density at radius 2 is 1.18 bits per heavy atom. The second-order valence-corrected chi connectivity index (χ2v) is 24.7. The first-order valence-corrected chi connectivity index (χ1v) is 32.3. The number of carbonyl (C=O) groups excluding carboxylic acids is 12. The van der Waals surface area contributed by atoms with Crippen LogP contribution in [0.2, 0.25) is 0 Å². The number of aromatic amines is 1. The van der Waals surface area contributed by atoms with Crippen molar-refractivity contribution < 1.29 is 72.5 Å².